The lowest BCUT2D eigenvalue weighted by Gasteiger charge is -2.13. The van der Waals surface area contributed by atoms with Gasteiger partial charge in [-0.25, -0.2) is 5.43 Å². The van der Waals surface area contributed by atoms with Crippen molar-refractivity contribution in [3.8, 4) is 11.5 Å². The molecule has 5 rings (SSSR count). The number of nitrogens with zero attached hydrogens (tertiary/aromatic N) is 5. The fourth-order valence-corrected chi connectivity index (χ4v) is 4.83. The largest absolute Gasteiger partial charge is 0.493 e. The van der Waals surface area contributed by atoms with Gasteiger partial charge in [0.2, 0.25) is 0 Å². The normalized spacial score (nSPS) is 11.5. The number of para-hydroxylation sites is 1. The number of fused-ring (bicyclic) bond motifs is 3. The monoisotopic (exact) mass is 572 g/mol. The molecule has 38 heavy (non-hydrogen) atoms. The van der Waals surface area contributed by atoms with Gasteiger partial charge in [0.05, 0.1) is 23.3 Å². The Hall–Kier alpha value is -3.98. The first-order valence-corrected chi connectivity index (χ1v) is 13.3. The third-order valence-electron chi connectivity index (χ3n) is 6.24. The summed E-state index contributed by atoms with van der Waals surface area (Å²) in [6, 6.07) is 20.2. The highest BCUT2D eigenvalue weighted by molar-refractivity contribution is 9.10. The van der Waals surface area contributed by atoms with Gasteiger partial charge >= 0.3 is 0 Å². The van der Waals surface area contributed by atoms with E-state index in [-0.39, 0.29) is 0 Å². The summed E-state index contributed by atoms with van der Waals surface area (Å²) in [6.45, 7) is 5.55. The second kappa shape index (κ2) is 11.6. The molecule has 0 spiro atoms. The third-order valence-corrected chi connectivity index (χ3v) is 6.83. The minimum Gasteiger partial charge on any atom is -0.493 e. The maximum absolute atomic E-state index is 6.06. The summed E-state index contributed by atoms with van der Waals surface area (Å²) in [4.78, 5) is 4.73. The molecule has 0 amide bonds. The SMILES string of the molecule is CCCCn1c2ccccc2c2nnc(N/N=C/c3cc(Br)c(OCc4ccc(C)cc4)c(OC)c3)nc21. The molecule has 2 aromatic heterocycles. The van der Waals surface area contributed by atoms with Crippen molar-refractivity contribution in [2.24, 2.45) is 5.10 Å². The van der Waals surface area contributed by atoms with E-state index in [1.54, 1.807) is 13.3 Å². The minimum absolute atomic E-state index is 0.332. The molecule has 0 aliphatic carbocycles. The first kappa shape index (κ1) is 25.7. The van der Waals surface area contributed by atoms with Crippen LogP contribution >= 0.6 is 15.9 Å². The number of aryl methyl sites for hydroxylation is 2. The first-order valence-electron chi connectivity index (χ1n) is 12.5. The second-order valence-corrected chi connectivity index (χ2v) is 9.86. The van der Waals surface area contributed by atoms with E-state index < -0.39 is 0 Å². The quantitative estimate of drug-likeness (QED) is 0.145. The molecule has 1 N–H and O–H groups in total. The fourth-order valence-electron chi connectivity index (χ4n) is 4.25. The molecule has 0 fully saturated rings. The molecule has 0 radical (unpaired) electrons. The van der Waals surface area contributed by atoms with Crippen LogP contribution in [0.25, 0.3) is 22.1 Å². The number of unbranched alkanes of at least 4 members (excludes halogenated alkanes) is 1. The van der Waals surface area contributed by atoms with Crippen LogP contribution in [0.4, 0.5) is 5.95 Å². The van der Waals surface area contributed by atoms with E-state index in [1.807, 2.05) is 24.3 Å². The number of nitrogens with one attached hydrogen (secondary N) is 1. The highest BCUT2D eigenvalue weighted by Crippen LogP contribution is 2.37. The Labute approximate surface area is 229 Å². The molecule has 3 aromatic carbocycles. The average Bonchev–Trinajstić information content (AvgIpc) is 3.24. The van der Waals surface area contributed by atoms with Crippen LogP contribution in [0.1, 0.15) is 36.5 Å². The summed E-state index contributed by atoms with van der Waals surface area (Å²) in [6.07, 6.45) is 3.83. The Kier molecular flexibility index (Phi) is 7.83. The molecule has 0 bridgehead atoms. The van der Waals surface area contributed by atoms with Gasteiger partial charge in [-0.3, -0.25) is 0 Å². The lowest BCUT2D eigenvalue weighted by molar-refractivity contribution is 0.282. The number of ether oxygens (including phenoxy) is 2. The average molecular weight is 573 g/mol. The molecule has 8 nitrogen and oxygen atoms in total. The molecule has 0 saturated carbocycles. The van der Waals surface area contributed by atoms with Crippen LogP contribution in [0.2, 0.25) is 0 Å². The summed E-state index contributed by atoms with van der Waals surface area (Å²) < 4.78 is 14.6. The molecular formula is C29H29BrN6O2. The number of methoxy groups -OCH3 is 1. The third kappa shape index (κ3) is 5.47. The summed E-state index contributed by atoms with van der Waals surface area (Å²) in [5.41, 5.74) is 8.73. The van der Waals surface area contributed by atoms with E-state index in [0.717, 1.165) is 57.1 Å². The van der Waals surface area contributed by atoms with Crippen LogP contribution in [0, 0.1) is 6.92 Å². The van der Waals surface area contributed by atoms with Crippen molar-refractivity contribution in [1.29, 1.82) is 0 Å². The molecule has 9 heteroatoms. The van der Waals surface area contributed by atoms with E-state index in [1.165, 1.54) is 5.56 Å². The number of hydrazone groups is 1. The van der Waals surface area contributed by atoms with Gasteiger partial charge in [-0.15, -0.1) is 10.2 Å². The Morgan fingerprint density at radius 2 is 1.89 bits per heavy atom. The van der Waals surface area contributed by atoms with E-state index in [4.69, 9.17) is 14.5 Å². The Bertz CT molecular complexity index is 1600. The Balaban J connectivity index is 1.34. The lowest BCUT2D eigenvalue weighted by atomic mass is 10.2. The van der Waals surface area contributed by atoms with Gasteiger partial charge in [-0.05, 0) is 58.6 Å². The molecule has 194 valence electrons. The van der Waals surface area contributed by atoms with Crippen LogP contribution < -0.4 is 14.9 Å². The van der Waals surface area contributed by atoms with Gasteiger partial charge in [0.15, 0.2) is 17.1 Å². The van der Waals surface area contributed by atoms with Crippen molar-refractivity contribution in [3.63, 3.8) is 0 Å². The molecule has 2 heterocycles. The van der Waals surface area contributed by atoms with Gasteiger partial charge in [-0.2, -0.15) is 10.1 Å². The molecule has 0 aliphatic heterocycles. The second-order valence-electron chi connectivity index (χ2n) is 9.01. The van der Waals surface area contributed by atoms with E-state index in [9.17, 15) is 0 Å². The maximum Gasteiger partial charge on any atom is 0.265 e. The molecule has 0 unspecified atom stereocenters. The Morgan fingerprint density at radius 3 is 2.68 bits per heavy atom. The van der Waals surface area contributed by atoms with E-state index >= 15 is 0 Å². The summed E-state index contributed by atoms with van der Waals surface area (Å²) in [5.74, 6) is 1.57. The van der Waals surface area contributed by atoms with Gasteiger partial charge in [0, 0.05) is 11.9 Å². The summed E-state index contributed by atoms with van der Waals surface area (Å²) >= 11 is 3.61. The number of benzene rings is 3. The van der Waals surface area contributed by atoms with Gasteiger partial charge in [0.25, 0.3) is 5.95 Å². The predicted molar refractivity (Wildman–Crippen MR) is 155 cm³/mol. The zero-order chi connectivity index (χ0) is 26.5. The predicted octanol–water partition coefficient (Wildman–Crippen LogP) is 6.88. The van der Waals surface area contributed by atoms with Crippen molar-refractivity contribution >= 4 is 50.2 Å². The topological polar surface area (TPSA) is 86.5 Å². The zero-order valence-electron chi connectivity index (χ0n) is 21.6. The van der Waals surface area contributed by atoms with Crippen molar-refractivity contribution < 1.29 is 9.47 Å². The molecule has 0 atom stereocenters. The highest BCUT2D eigenvalue weighted by atomic mass is 79.9. The van der Waals surface area contributed by atoms with Crippen molar-refractivity contribution in [3.05, 3.63) is 81.8 Å². The van der Waals surface area contributed by atoms with Gasteiger partial charge in [-0.1, -0.05) is 61.4 Å². The highest BCUT2D eigenvalue weighted by Gasteiger charge is 2.15. The van der Waals surface area contributed by atoms with Crippen LogP contribution in [0.5, 0.6) is 11.5 Å². The number of hydrogen-bond donors (Lipinski definition) is 1. The van der Waals surface area contributed by atoms with Crippen LogP contribution in [-0.2, 0) is 13.2 Å². The Morgan fingerprint density at radius 1 is 1.08 bits per heavy atom. The smallest absolute Gasteiger partial charge is 0.265 e. The molecule has 5 aromatic rings. The number of hydrogen-bond acceptors (Lipinski definition) is 7. The van der Waals surface area contributed by atoms with Gasteiger partial charge < -0.3 is 14.0 Å². The maximum atomic E-state index is 6.06. The molecule has 0 saturated heterocycles. The van der Waals surface area contributed by atoms with E-state index in [2.05, 4.69) is 91.5 Å². The number of aromatic nitrogens is 4. The first-order chi connectivity index (χ1) is 18.6. The summed E-state index contributed by atoms with van der Waals surface area (Å²) in [7, 11) is 1.62. The van der Waals surface area contributed by atoms with Crippen molar-refractivity contribution in [2.45, 2.75) is 39.8 Å². The number of rotatable bonds is 10. The van der Waals surface area contributed by atoms with Crippen LogP contribution in [0.3, 0.4) is 0 Å². The van der Waals surface area contributed by atoms with Crippen molar-refractivity contribution in [1.82, 2.24) is 19.7 Å². The standard InChI is InChI=1S/C29H29BrN6O2/c1-4-5-14-36-24-9-7-6-8-22(24)26-28(36)32-29(35-33-26)34-31-17-21-15-23(30)27(25(16-21)37-3)38-18-20-12-10-19(2)11-13-20/h6-13,15-17H,4-5,14,18H2,1-3H3,(H,32,34,35)/b31-17+. The summed E-state index contributed by atoms with van der Waals surface area (Å²) in [5, 5.41) is 14.1. The van der Waals surface area contributed by atoms with Crippen molar-refractivity contribution in [2.75, 3.05) is 12.5 Å². The minimum atomic E-state index is 0.332. The molecule has 0 aliphatic rings. The van der Waals surface area contributed by atoms with Crippen LogP contribution in [0.15, 0.2) is 70.2 Å². The lowest BCUT2D eigenvalue weighted by Crippen LogP contribution is -2.03. The number of anilines is 1. The number of halogens is 1. The molecular weight excluding hydrogens is 544 g/mol. The zero-order valence-corrected chi connectivity index (χ0v) is 23.2. The van der Waals surface area contributed by atoms with Crippen LogP contribution in [-0.4, -0.2) is 33.1 Å². The fraction of sp³-hybridized carbons (Fsp3) is 0.241. The van der Waals surface area contributed by atoms with E-state index in [0.29, 0.717) is 24.1 Å². The van der Waals surface area contributed by atoms with Gasteiger partial charge in [0.1, 0.15) is 12.1 Å².